The Bertz CT molecular complexity index is 573. The van der Waals surface area contributed by atoms with E-state index in [1.807, 2.05) is 7.05 Å². The largest absolute Gasteiger partial charge is 0.373 e. The van der Waals surface area contributed by atoms with Gasteiger partial charge in [-0.2, -0.15) is 0 Å². The second-order valence-corrected chi connectivity index (χ2v) is 5.09. The molecule has 1 saturated heterocycles. The molecule has 4 heteroatoms. The van der Waals surface area contributed by atoms with Gasteiger partial charge in [0.05, 0.1) is 0 Å². The van der Waals surface area contributed by atoms with Crippen molar-refractivity contribution < 1.29 is 0 Å². The number of hydrogen-bond acceptors (Lipinski definition) is 4. The highest BCUT2D eigenvalue weighted by molar-refractivity contribution is 5.93. The highest BCUT2D eigenvalue weighted by Gasteiger charge is 2.16. The summed E-state index contributed by atoms with van der Waals surface area (Å²) in [7, 11) is 4.10. The van der Waals surface area contributed by atoms with Crippen LogP contribution in [0.25, 0.3) is 10.8 Å². The fourth-order valence-corrected chi connectivity index (χ4v) is 2.57. The van der Waals surface area contributed by atoms with Crippen LogP contribution in [0.5, 0.6) is 0 Å². The van der Waals surface area contributed by atoms with Gasteiger partial charge < -0.3 is 15.1 Å². The number of aromatic nitrogens is 1. The standard InChI is InChI=1S/C15H20N4/c1-16-15-13-6-4-3-5-12(13)11-14(17-15)19-9-7-18(2)8-10-19/h3-6,11H,7-10H2,1-2H3,(H,16,17). The molecule has 0 radical (unpaired) electrons. The molecule has 100 valence electrons. The predicted molar refractivity (Wildman–Crippen MR) is 81.0 cm³/mol. The van der Waals surface area contributed by atoms with E-state index in [9.17, 15) is 0 Å². The molecule has 19 heavy (non-hydrogen) atoms. The Hall–Kier alpha value is -1.81. The zero-order chi connectivity index (χ0) is 13.2. The number of likely N-dealkylation sites (N-methyl/N-ethyl adjacent to an activating group) is 1. The summed E-state index contributed by atoms with van der Waals surface area (Å²) in [6, 6.07) is 10.6. The average Bonchev–Trinajstić information content (AvgIpc) is 2.47. The van der Waals surface area contributed by atoms with E-state index in [1.165, 1.54) is 10.8 Å². The molecule has 3 rings (SSSR count). The van der Waals surface area contributed by atoms with E-state index in [0.29, 0.717) is 0 Å². The van der Waals surface area contributed by atoms with Gasteiger partial charge in [0.15, 0.2) is 0 Å². The summed E-state index contributed by atoms with van der Waals surface area (Å²) in [6.45, 7) is 4.29. The van der Waals surface area contributed by atoms with Crippen LogP contribution in [-0.2, 0) is 0 Å². The summed E-state index contributed by atoms with van der Waals surface area (Å²) >= 11 is 0. The normalized spacial score (nSPS) is 16.8. The van der Waals surface area contributed by atoms with Gasteiger partial charge >= 0.3 is 0 Å². The first kappa shape index (κ1) is 12.2. The van der Waals surface area contributed by atoms with Crippen molar-refractivity contribution in [3.05, 3.63) is 30.3 Å². The van der Waals surface area contributed by atoms with E-state index in [2.05, 4.69) is 52.5 Å². The maximum absolute atomic E-state index is 4.76. The molecule has 0 bridgehead atoms. The lowest BCUT2D eigenvalue weighted by Crippen LogP contribution is -2.44. The van der Waals surface area contributed by atoms with Gasteiger partial charge in [-0.25, -0.2) is 4.98 Å². The molecule has 0 aliphatic carbocycles. The Kier molecular flexibility index (Phi) is 3.25. The topological polar surface area (TPSA) is 31.4 Å². The second kappa shape index (κ2) is 5.05. The number of anilines is 2. The number of piperazine rings is 1. The van der Waals surface area contributed by atoms with Gasteiger partial charge in [-0.15, -0.1) is 0 Å². The predicted octanol–water partition coefficient (Wildman–Crippen LogP) is 2.03. The molecule has 1 aromatic carbocycles. The van der Waals surface area contributed by atoms with Crippen molar-refractivity contribution in [3.63, 3.8) is 0 Å². The van der Waals surface area contributed by atoms with Crippen molar-refractivity contribution in [2.45, 2.75) is 0 Å². The molecule has 2 aromatic rings. The van der Waals surface area contributed by atoms with Crippen LogP contribution >= 0.6 is 0 Å². The minimum atomic E-state index is 0.965. The Balaban J connectivity index is 2.00. The summed E-state index contributed by atoms with van der Waals surface area (Å²) < 4.78 is 0. The lowest BCUT2D eigenvalue weighted by Gasteiger charge is -2.33. The number of benzene rings is 1. The van der Waals surface area contributed by atoms with Gasteiger partial charge in [-0.1, -0.05) is 24.3 Å². The molecule has 0 spiro atoms. The summed E-state index contributed by atoms with van der Waals surface area (Å²) in [4.78, 5) is 9.49. The highest BCUT2D eigenvalue weighted by Crippen LogP contribution is 2.26. The van der Waals surface area contributed by atoms with Crippen molar-refractivity contribution in [1.29, 1.82) is 0 Å². The average molecular weight is 256 g/mol. The van der Waals surface area contributed by atoms with Gasteiger partial charge in [0, 0.05) is 38.6 Å². The molecule has 1 N–H and O–H groups in total. The molecule has 4 nitrogen and oxygen atoms in total. The molecule has 1 fully saturated rings. The van der Waals surface area contributed by atoms with Gasteiger partial charge in [0.2, 0.25) is 0 Å². The third kappa shape index (κ3) is 2.36. The summed E-state index contributed by atoms with van der Waals surface area (Å²) in [6.07, 6.45) is 0. The SMILES string of the molecule is CNc1nc(N2CCN(C)CC2)cc2ccccc12. The number of nitrogens with one attached hydrogen (secondary N) is 1. The first-order valence-corrected chi connectivity index (χ1v) is 6.79. The maximum atomic E-state index is 4.76. The Morgan fingerprint density at radius 2 is 1.84 bits per heavy atom. The lowest BCUT2D eigenvalue weighted by molar-refractivity contribution is 0.312. The third-order valence-electron chi connectivity index (χ3n) is 3.79. The number of rotatable bonds is 2. The molecule has 2 heterocycles. The molecule has 1 aliphatic rings. The molecule has 0 unspecified atom stereocenters. The van der Waals surface area contributed by atoms with Crippen molar-refractivity contribution >= 4 is 22.4 Å². The molecule has 1 aromatic heterocycles. The van der Waals surface area contributed by atoms with Gasteiger partial charge in [-0.3, -0.25) is 0 Å². The van der Waals surface area contributed by atoms with Crippen molar-refractivity contribution in [2.24, 2.45) is 0 Å². The van der Waals surface area contributed by atoms with Crippen LogP contribution in [0.3, 0.4) is 0 Å². The number of fused-ring (bicyclic) bond motifs is 1. The second-order valence-electron chi connectivity index (χ2n) is 5.09. The number of hydrogen-bond donors (Lipinski definition) is 1. The Morgan fingerprint density at radius 1 is 1.11 bits per heavy atom. The zero-order valence-corrected chi connectivity index (χ0v) is 11.6. The Labute approximate surface area is 114 Å². The van der Waals surface area contributed by atoms with Crippen LogP contribution in [-0.4, -0.2) is 50.2 Å². The quantitative estimate of drug-likeness (QED) is 0.891. The lowest BCUT2D eigenvalue weighted by atomic mass is 10.1. The zero-order valence-electron chi connectivity index (χ0n) is 11.6. The first-order valence-electron chi connectivity index (χ1n) is 6.79. The van der Waals surface area contributed by atoms with E-state index in [0.717, 1.165) is 37.8 Å². The molecule has 0 atom stereocenters. The van der Waals surface area contributed by atoms with Crippen LogP contribution < -0.4 is 10.2 Å². The van der Waals surface area contributed by atoms with Gasteiger partial charge in [-0.05, 0) is 18.5 Å². The summed E-state index contributed by atoms with van der Waals surface area (Å²) in [5, 5.41) is 5.64. The molecular formula is C15H20N4. The van der Waals surface area contributed by atoms with E-state index >= 15 is 0 Å². The first-order chi connectivity index (χ1) is 9.28. The van der Waals surface area contributed by atoms with Crippen LogP contribution in [0.2, 0.25) is 0 Å². The smallest absolute Gasteiger partial charge is 0.136 e. The van der Waals surface area contributed by atoms with Crippen molar-refractivity contribution in [2.75, 3.05) is 50.5 Å². The highest BCUT2D eigenvalue weighted by atomic mass is 15.3. The Morgan fingerprint density at radius 3 is 2.58 bits per heavy atom. The molecule has 1 aliphatic heterocycles. The molecular weight excluding hydrogens is 236 g/mol. The van der Waals surface area contributed by atoms with Crippen LogP contribution in [0, 0.1) is 0 Å². The third-order valence-corrected chi connectivity index (χ3v) is 3.79. The minimum absolute atomic E-state index is 0.965. The van der Waals surface area contributed by atoms with Crippen molar-refractivity contribution in [3.8, 4) is 0 Å². The molecule has 0 amide bonds. The monoisotopic (exact) mass is 256 g/mol. The van der Waals surface area contributed by atoms with Gasteiger partial charge in [0.1, 0.15) is 11.6 Å². The van der Waals surface area contributed by atoms with Crippen LogP contribution in [0.1, 0.15) is 0 Å². The van der Waals surface area contributed by atoms with E-state index in [-0.39, 0.29) is 0 Å². The van der Waals surface area contributed by atoms with E-state index < -0.39 is 0 Å². The molecule has 0 saturated carbocycles. The van der Waals surface area contributed by atoms with E-state index in [1.54, 1.807) is 0 Å². The van der Waals surface area contributed by atoms with Crippen LogP contribution in [0.4, 0.5) is 11.6 Å². The summed E-state index contributed by atoms with van der Waals surface area (Å²) in [5.74, 6) is 2.04. The maximum Gasteiger partial charge on any atom is 0.136 e. The minimum Gasteiger partial charge on any atom is -0.373 e. The fourth-order valence-electron chi connectivity index (χ4n) is 2.57. The van der Waals surface area contributed by atoms with Crippen LogP contribution in [0.15, 0.2) is 30.3 Å². The van der Waals surface area contributed by atoms with Crippen molar-refractivity contribution in [1.82, 2.24) is 9.88 Å². The summed E-state index contributed by atoms with van der Waals surface area (Å²) in [5.41, 5.74) is 0. The van der Waals surface area contributed by atoms with Gasteiger partial charge in [0.25, 0.3) is 0 Å². The number of nitrogens with zero attached hydrogens (tertiary/aromatic N) is 3. The fraction of sp³-hybridized carbons (Fsp3) is 0.400. The number of pyridine rings is 1. The van der Waals surface area contributed by atoms with E-state index in [4.69, 9.17) is 4.98 Å².